The zero-order valence-corrected chi connectivity index (χ0v) is 15.2. The average molecular weight is 355 g/mol. The lowest BCUT2D eigenvalue weighted by Gasteiger charge is -2.26. The number of nitrogens with one attached hydrogen (secondary N) is 1. The SMILES string of the molecule is COCCN(c1ccc(CNC(C)(C)C)c(Br)c1)C1CC1. The lowest BCUT2D eigenvalue weighted by molar-refractivity contribution is 0.205. The summed E-state index contributed by atoms with van der Waals surface area (Å²) in [6.07, 6.45) is 2.60. The lowest BCUT2D eigenvalue weighted by Crippen LogP contribution is -2.35. The van der Waals surface area contributed by atoms with Crippen LogP contribution in [0, 0.1) is 0 Å². The molecule has 1 aromatic carbocycles. The van der Waals surface area contributed by atoms with E-state index in [1.54, 1.807) is 7.11 Å². The Kier molecular flexibility index (Phi) is 5.69. The van der Waals surface area contributed by atoms with E-state index in [0.29, 0.717) is 6.04 Å². The van der Waals surface area contributed by atoms with Gasteiger partial charge in [0.2, 0.25) is 0 Å². The molecule has 0 amide bonds. The number of methoxy groups -OCH3 is 1. The summed E-state index contributed by atoms with van der Waals surface area (Å²) in [5.41, 5.74) is 2.73. The third-order valence-corrected chi connectivity index (χ3v) is 4.44. The molecule has 2 rings (SSSR count). The Balaban J connectivity index is 2.06. The van der Waals surface area contributed by atoms with Gasteiger partial charge in [0.1, 0.15) is 0 Å². The van der Waals surface area contributed by atoms with Gasteiger partial charge in [-0.15, -0.1) is 0 Å². The van der Waals surface area contributed by atoms with Crippen molar-refractivity contribution in [2.45, 2.75) is 51.7 Å². The first-order valence-electron chi connectivity index (χ1n) is 7.70. The predicted molar refractivity (Wildman–Crippen MR) is 93.0 cm³/mol. The topological polar surface area (TPSA) is 24.5 Å². The van der Waals surface area contributed by atoms with Crippen LogP contribution >= 0.6 is 15.9 Å². The highest BCUT2D eigenvalue weighted by Gasteiger charge is 2.29. The van der Waals surface area contributed by atoms with Crippen molar-refractivity contribution < 1.29 is 4.74 Å². The summed E-state index contributed by atoms with van der Waals surface area (Å²) in [5.74, 6) is 0. The zero-order chi connectivity index (χ0) is 15.5. The van der Waals surface area contributed by atoms with E-state index >= 15 is 0 Å². The van der Waals surface area contributed by atoms with Gasteiger partial charge >= 0.3 is 0 Å². The minimum absolute atomic E-state index is 0.136. The maximum Gasteiger partial charge on any atom is 0.0637 e. The van der Waals surface area contributed by atoms with Crippen molar-refractivity contribution in [1.82, 2.24) is 5.32 Å². The fourth-order valence-electron chi connectivity index (χ4n) is 2.32. The van der Waals surface area contributed by atoms with Gasteiger partial charge in [0.25, 0.3) is 0 Å². The number of ether oxygens (including phenoxy) is 1. The molecule has 1 aromatic rings. The van der Waals surface area contributed by atoms with Crippen LogP contribution < -0.4 is 10.2 Å². The van der Waals surface area contributed by atoms with E-state index in [-0.39, 0.29) is 5.54 Å². The van der Waals surface area contributed by atoms with Gasteiger partial charge < -0.3 is 15.0 Å². The molecule has 0 radical (unpaired) electrons. The third kappa shape index (κ3) is 5.28. The van der Waals surface area contributed by atoms with E-state index in [4.69, 9.17) is 4.74 Å². The molecule has 118 valence electrons. The predicted octanol–water partition coefficient (Wildman–Crippen LogP) is 3.95. The Hall–Kier alpha value is -0.580. The van der Waals surface area contributed by atoms with Crippen molar-refractivity contribution >= 4 is 21.6 Å². The first-order chi connectivity index (χ1) is 9.90. The monoisotopic (exact) mass is 354 g/mol. The van der Waals surface area contributed by atoms with Gasteiger partial charge in [-0.25, -0.2) is 0 Å². The van der Waals surface area contributed by atoms with E-state index in [1.165, 1.54) is 28.6 Å². The second-order valence-corrected chi connectivity index (χ2v) is 7.65. The molecule has 0 atom stereocenters. The molecule has 21 heavy (non-hydrogen) atoms. The number of anilines is 1. The van der Waals surface area contributed by atoms with Crippen molar-refractivity contribution in [2.75, 3.05) is 25.2 Å². The number of halogens is 1. The Bertz CT molecular complexity index is 466. The molecule has 1 saturated carbocycles. The maximum atomic E-state index is 5.24. The standard InChI is InChI=1S/C17H27BrN2O/c1-17(2,3)19-12-13-5-6-15(11-16(13)18)20(9-10-21-4)14-7-8-14/h5-6,11,14,19H,7-10,12H2,1-4H3. The molecule has 0 bridgehead atoms. The molecule has 3 nitrogen and oxygen atoms in total. The molecule has 0 aliphatic heterocycles. The van der Waals surface area contributed by atoms with Crippen LogP contribution in [0.4, 0.5) is 5.69 Å². The van der Waals surface area contributed by atoms with Crippen molar-refractivity contribution in [3.05, 3.63) is 28.2 Å². The maximum absolute atomic E-state index is 5.24. The van der Waals surface area contributed by atoms with Gasteiger partial charge in [-0.3, -0.25) is 0 Å². The van der Waals surface area contributed by atoms with Gasteiger partial charge in [0.15, 0.2) is 0 Å². The normalized spacial score (nSPS) is 15.3. The van der Waals surface area contributed by atoms with Crippen LogP contribution in [0.25, 0.3) is 0 Å². The van der Waals surface area contributed by atoms with Crippen molar-refractivity contribution in [3.8, 4) is 0 Å². The highest BCUT2D eigenvalue weighted by atomic mass is 79.9. The van der Waals surface area contributed by atoms with Crippen molar-refractivity contribution in [1.29, 1.82) is 0 Å². The van der Waals surface area contributed by atoms with Gasteiger partial charge in [0, 0.05) is 41.9 Å². The first-order valence-corrected chi connectivity index (χ1v) is 8.49. The van der Waals surface area contributed by atoms with Crippen LogP contribution in [0.5, 0.6) is 0 Å². The molecule has 0 heterocycles. The second-order valence-electron chi connectivity index (χ2n) is 6.80. The Morgan fingerprint density at radius 2 is 2.05 bits per heavy atom. The molecule has 1 aliphatic carbocycles. The van der Waals surface area contributed by atoms with E-state index < -0.39 is 0 Å². The number of rotatable bonds is 7. The number of nitrogens with zero attached hydrogens (tertiary/aromatic N) is 1. The van der Waals surface area contributed by atoms with Crippen molar-refractivity contribution in [3.63, 3.8) is 0 Å². The van der Waals surface area contributed by atoms with Crippen LogP contribution in [0.2, 0.25) is 0 Å². The first kappa shape index (κ1) is 16.8. The van der Waals surface area contributed by atoms with Gasteiger partial charge in [-0.2, -0.15) is 0 Å². The quantitative estimate of drug-likeness (QED) is 0.802. The Labute approximate surface area is 137 Å². The summed E-state index contributed by atoms with van der Waals surface area (Å²) in [5, 5.41) is 3.53. The number of hydrogen-bond acceptors (Lipinski definition) is 3. The third-order valence-electron chi connectivity index (χ3n) is 3.70. The molecular weight excluding hydrogens is 328 g/mol. The lowest BCUT2D eigenvalue weighted by atomic mass is 10.1. The summed E-state index contributed by atoms with van der Waals surface area (Å²) >= 11 is 3.72. The highest BCUT2D eigenvalue weighted by molar-refractivity contribution is 9.10. The molecule has 4 heteroatoms. The van der Waals surface area contributed by atoms with E-state index in [0.717, 1.165) is 19.7 Å². The summed E-state index contributed by atoms with van der Waals surface area (Å²) < 4.78 is 6.42. The molecule has 0 saturated heterocycles. The zero-order valence-electron chi connectivity index (χ0n) is 13.6. The summed E-state index contributed by atoms with van der Waals surface area (Å²) in [7, 11) is 1.77. The van der Waals surface area contributed by atoms with Gasteiger partial charge in [0.05, 0.1) is 6.61 Å². The molecule has 1 fully saturated rings. The van der Waals surface area contributed by atoms with Crippen LogP contribution in [0.15, 0.2) is 22.7 Å². The largest absolute Gasteiger partial charge is 0.383 e. The number of benzene rings is 1. The van der Waals surface area contributed by atoms with E-state index in [1.807, 2.05) is 0 Å². The molecule has 1 N–H and O–H groups in total. The smallest absolute Gasteiger partial charge is 0.0637 e. The molecule has 1 aliphatic rings. The fourth-order valence-corrected chi connectivity index (χ4v) is 2.82. The second kappa shape index (κ2) is 7.12. The number of hydrogen-bond donors (Lipinski definition) is 1. The van der Waals surface area contributed by atoms with Crippen LogP contribution in [0.1, 0.15) is 39.2 Å². The van der Waals surface area contributed by atoms with Gasteiger partial charge in [-0.1, -0.05) is 22.0 Å². The van der Waals surface area contributed by atoms with E-state index in [9.17, 15) is 0 Å². The average Bonchev–Trinajstić information content (AvgIpc) is 3.21. The summed E-state index contributed by atoms with van der Waals surface area (Å²) in [6, 6.07) is 7.40. The Morgan fingerprint density at radius 3 is 2.57 bits per heavy atom. The molecular formula is C17H27BrN2O. The minimum Gasteiger partial charge on any atom is -0.383 e. The highest BCUT2D eigenvalue weighted by Crippen LogP contribution is 2.33. The van der Waals surface area contributed by atoms with Crippen LogP contribution in [0.3, 0.4) is 0 Å². The van der Waals surface area contributed by atoms with Crippen LogP contribution in [-0.2, 0) is 11.3 Å². The van der Waals surface area contributed by atoms with Crippen LogP contribution in [-0.4, -0.2) is 31.8 Å². The summed E-state index contributed by atoms with van der Waals surface area (Å²) in [4.78, 5) is 2.47. The van der Waals surface area contributed by atoms with Gasteiger partial charge in [-0.05, 0) is 51.3 Å². The van der Waals surface area contributed by atoms with E-state index in [2.05, 4.69) is 65.1 Å². The Morgan fingerprint density at radius 1 is 1.33 bits per heavy atom. The molecule has 0 spiro atoms. The fraction of sp³-hybridized carbons (Fsp3) is 0.647. The molecule has 0 aromatic heterocycles. The summed E-state index contributed by atoms with van der Waals surface area (Å²) in [6.45, 7) is 9.19. The molecule has 0 unspecified atom stereocenters. The van der Waals surface area contributed by atoms with Crippen molar-refractivity contribution in [2.24, 2.45) is 0 Å². The minimum atomic E-state index is 0.136.